The number of unbranched alkanes of at least 4 members (excludes halogenated alkanes) is 24. The Morgan fingerprint density at radius 1 is 0.280 bits per heavy atom. The average Bonchev–Trinajstić information content (AvgIpc) is 3.41. The van der Waals surface area contributed by atoms with Gasteiger partial charge in [0.05, 0.1) is 0 Å². The highest BCUT2D eigenvalue weighted by Gasteiger charge is 2.19. The fourth-order valence-corrected chi connectivity index (χ4v) is 8.35. The molecule has 0 N–H and O–H groups in total. The second-order valence-electron chi connectivity index (χ2n) is 20.2. The van der Waals surface area contributed by atoms with Crippen molar-refractivity contribution in [1.82, 2.24) is 0 Å². The molecule has 0 aliphatic carbocycles. The summed E-state index contributed by atoms with van der Waals surface area (Å²) < 4.78 is 16.9. The number of hydrogen-bond acceptors (Lipinski definition) is 6. The largest absolute Gasteiger partial charge is 0.462 e. The average molecular weight is 1040 g/mol. The van der Waals surface area contributed by atoms with Gasteiger partial charge in [-0.2, -0.15) is 0 Å². The van der Waals surface area contributed by atoms with Gasteiger partial charge >= 0.3 is 17.9 Å². The van der Waals surface area contributed by atoms with E-state index in [4.69, 9.17) is 14.2 Å². The molecular formula is C69H114O6. The zero-order valence-electron chi connectivity index (χ0n) is 48.8. The smallest absolute Gasteiger partial charge is 0.306 e. The Morgan fingerprint density at radius 3 is 0.813 bits per heavy atom. The molecular weight excluding hydrogens is 925 g/mol. The number of rotatable bonds is 55. The van der Waals surface area contributed by atoms with E-state index in [1.54, 1.807) is 0 Å². The number of hydrogen-bond donors (Lipinski definition) is 0. The molecule has 0 aromatic rings. The predicted molar refractivity (Wildman–Crippen MR) is 325 cm³/mol. The summed E-state index contributed by atoms with van der Waals surface area (Å²) in [6, 6.07) is 0. The first kappa shape index (κ1) is 70.8. The zero-order chi connectivity index (χ0) is 54.3. The fraction of sp³-hybridized carbons (Fsp3) is 0.667. The molecule has 75 heavy (non-hydrogen) atoms. The Kier molecular flexibility index (Phi) is 58.9. The van der Waals surface area contributed by atoms with E-state index in [0.29, 0.717) is 19.3 Å². The minimum Gasteiger partial charge on any atom is -0.462 e. The standard InChI is InChI=1S/C69H114O6/c1-4-7-10-13-16-19-22-25-27-29-31-32-33-34-35-36-38-39-41-44-47-50-53-56-59-62-68(71)74-65-66(64-73-67(70)61-58-55-52-49-46-43-24-21-18-15-12-9-6-3)75-69(72)63-60-57-54-51-48-45-42-40-37-30-28-26-23-20-17-14-11-8-5-2/h7-8,10-12,15-17,19-21,24-28,31-32,37,40,66H,4-6,9,13-14,18,22-23,29-30,33-36,38-39,41-65H2,1-3H3/b10-7-,11-8-,15-12-,19-16-,20-17-,24-21-,27-25-,28-26-,32-31-,40-37-. The molecule has 0 fully saturated rings. The van der Waals surface area contributed by atoms with E-state index in [9.17, 15) is 14.4 Å². The van der Waals surface area contributed by atoms with Crippen LogP contribution in [0.1, 0.15) is 278 Å². The van der Waals surface area contributed by atoms with E-state index in [1.165, 1.54) is 83.5 Å². The second-order valence-corrected chi connectivity index (χ2v) is 20.2. The Hall–Kier alpha value is -4.19. The summed E-state index contributed by atoms with van der Waals surface area (Å²) in [5.41, 5.74) is 0. The second kappa shape index (κ2) is 62.4. The summed E-state index contributed by atoms with van der Waals surface area (Å²) in [4.78, 5) is 38.3. The highest BCUT2D eigenvalue weighted by molar-refractivity contribution is 5.71. The minimum absolute atomic E-state index is 0.0914. The van der Waals surface area contributed by atoms with Gasteiger partial charge in [-0.15, -0.1) is 0 Å². The molecule has 0 aliphatic rings. The third kappa shape index (κ3) is 60.6. The molecule has 0 amide bonds. The molecule has 6 nitrogen and oxygen atoms in total. The number of esters is 3. The lowest BCUT2D eigenvalue weighted by molar-refractivity contribution is -0.167. The van der Waals surface area contributed by atoms with Crippen molar-refractivity contribution < 1.29 is 28.6 Å². The van der Waals surface area contributed by atoms with Crippen molar-refractivity contribution in [1.29, 1.82) is 0 Å². The van der Waals surface area contributed by atoms with Gasteiger partial charge in [0.1, 0.15) is 13.2 Å². The van der Waals surface area contributed by atoms with Gasteiger partial charge in [0, 0.05) is 19.3 Å². The summed E-state index contributed by atoms with van der Waals surface area (Å²) in [6.07, 6.45) is 86.3. The van der Waals surface area contributed by atoms with Crippen molar-refractivity contribution in [3.63, 3.8) is 0 Å². The highest BCUT2D eigenvalue weighted by Crippen LogP contribution is 2.15. The maximum absolute atomic E-state index is 12.9. The molecule has 0 aliphatic heterocycles. The topological polar surface area (TPSA) is 78.9 Å². The molecule has 0 radical (unpaired) electrons. The normalized spacial score (nSPS) is 12.9. The van der Waals surface area contributed by atoms with Crippen LogP contribution in [0.5, 0.6) is 0 Å². The predicted octanol–water partition coefficient (Wildman–Crippen LogP) is 21.2. The lowest BCUT2D eigenvalue weighted by atomic mass is 10.0. The fourth-order valence-electron chi connectivity index (χ4n) is 8.35. The van der Waals surface area contributed by atoms with Gasteiger partial charge < -0.3 is 14.2 Å². The van der Waals surface area contributed by atoms with Crippen LogP contribution in [0, 0.1) is 0 Å². The van der Waals surface area contributed by atoms with E-state index in [0.717, 1.165) is 154 Å². The van der Waals surface area contributed by atoms with E-state index in [1.807, 2.05) is 0 Å². The molecule has 1 unspecified atom stereocenters. The third-order valence-corrected chi connectivity index (χ3v) is 12.9. The molecule has 0 saturated carbocycles. The van der Waals surface area contributed by atoms with Crippen molar-refractivity contribution >= 4 is 17.9 Å². The van der Waals surface area contributed by atoms with Crippen LogP contribution in [0.4, 0.5) is 0 Å². The lowest BCUT2D eigenvalue weighted by Crippen LogP contribution is -2.30. The quantitative estimate of drug-likeness (QED) is 0.0261. The molecule has 0 bridgehead atoms. The van der Waals surface area contributed by atoms with Crippen LogP contribution in [0.2, 0.25) is 0 Å². The Bertz CT molecular complexity index is 1570. The van der Waals surface area contributed by atoms with Gasteiger partial charge in [0.25, 0.3) is 0 Å². The Morgan fingerprint density at radius 2 is 0.520 bits per heavy atom. The maximum Gasteiger partial charge on any atom is 0.306 e. The first-order chi connectivity index (χ1) is 37.0. The van der Waals surface area contributed by atoms with Gasteiger partial charge in [-0.3, -0.25) is 14.4 Å². The van der Waals surface area contributed by atoms with Gasteiger partial charge in [-0.25, -0.2) is 0 Å². The summed E-state index contributed by atoms with van der Waals surface area (Å²) in [5, 5.41) is 0. The van der Waals surface area contributed by atoms with Crippen LogP contribution in [0.3, 0.4) is 0 Å². The molecule has 0 heterocycles. The van der Waals surface area contributed by atoms with Gasteiger partial charge in [-0.05, 0) is 122 Å². The van der Waals surface area contributed by atoms with Crippen LogP contribution in [0.15, 0.2) is 122 Å². The third-order valence-electron chi connectivity index (χ3n) is 12.9. The van der Waals surface area contributed by atoms with E-state index >= 15 is 0 Å². The summed E-state index contributed by atoms with van der Waals surface area (Å²) in [5.74, 6) is -0.919. The van der Waals surface area contributed by atoms with Crippen LogP contribution >= 0.6 is 0 Å². The van der Waals surface area contributed by atoms with Gasteiger partial charge in [0.2, 0.25) is 0 Å². The first-order valence-corrected chi connectivity index (χ1v) is 31.0. The molecule has 0 spiro atoms. The van der Waals surface area contributed by atoms with Crippen LogP contribution < -0.4 is 0 Å². The molecule has 0 aromatic heterocycles. The van der Waals surface area contributed by atoms with Crippen LogP contribution in [0.25, 0.3) is 0 Å². The zero-order valence-corrected chi connectivity index (χ0v) is 48.8. The summed E-state index contributed by atoms with van der Waals surface area (Å²) in [7, 11) is 0. The van der Waals surface area contributed by atoms with Crippen molar-refractivity contribution in [3.8, 4) is 0 Å². The lowest BCUT2D eigenvalue weighted by Gasteiger charge is -2.18. The first-order valence-electron chi connectivity index (χ1n) is 31.0. The number of carbonyl (C=O) groups excluding carboxylic acids is 3. The van der Waals surface area contributed by atoms with Crippen molar-refractivity contribution in [3.05, 3.63) is 122 Å². The van der Waals surface area contributed by atoms with Crippen molar-refractivity contribution in [2.45, 2.75) is 284 Å². The number of ether oxygens (including phenoxy) is 3. The molecule has 0 aromatic carbocycles. The van der Waals surface area contributed by atoms with Gasteiger partial charge in [-0.1, -0.05) is 258 Å². The Labute approximate surface area is 462 Å². The molecule has 0 rings (SSSR count). The van der Waals surface area contributed by atoms with Crippen molar-refractivity contribution in [2.75, 3.05) is 13.2 Å². The monoisotopic (exact) mass is 1040 g/mol. The summed E-state index contributed by atoms with van der Waals surface area (Å²) in [6.45, 7) is 6.34. The molecule has 426 valence electrons. The highest BCUT2D eigenvalue weighted by atomic mass is 16.6. The van der Waals surface area contributed by atoms with E-state index in [2.05, 4.69) is 142 Å². The van der Waals surface area contributed by atoms with Crippen LogP contribution in [-0.2, 0) is 28.6 Å². The van der Waals surface area contributed by atoms with Crippen LogP contribution in [-0.4, -0.2) is 37.2 Å². The number of carbonyl (C=O) groups is 3. The Balaban J connectivity index is 4.36. The van der Waals surface area contributed by atoms with E-state index < -0.39 is 6.10 Å². The minimum atomic E-state index is -0.796. The maximum atomic E-state index is 12.9. The van der Waals surface area contributed by atoms with Crippen molar-refractivity contribution in [2.24, 2.45) is 0 Å². The molecule has 1 atom stereocenters. The van der Waals surface area contributed by atoms with Gasteiger partial charge in [0.15, 0.2) is 6.10 Å². The summed E-state index contributed by atoms with van der Waals surface area (Å²) >= 11 is 0. The van der Waals surface area contributed by atoms with E-state index in [-0.39, 0.29) is 31.1 Å². The molecule has 6 heteroatoms. The number of allylic oxidation sites excluding steroid dienone is 20. The SMILES string of the molecule is CC/C=C\C/C=C\C/C=C\C/C=C\CCCCCCCCCCCCCCC(=O)OCC(COC(=O)CCCCCCC/C=C\C/C=C\CCC)OC(=O)CCCCCCCC/C=C\C/C=C\C/C=C\C/C=C\CC. The molecule has 0 saturated heterocycles.